The molecular weight excluding hydrogens is 454 g/mol. The molecule has 8 heteroatoms. The molecule has 0 atom stereocenters. The van der Waals surface area contributed by atoms with E-state index in [9.17, 15) is 9.59 Å². The summed E-state index contributed by atoms with van der Waals surface area (Å²) in [5.41, 5.74) is 3.48. The van der Waals surface area contributed by atoms with E-state index in [-0.39, 0.29) is 11.6 Å². The minimum absolute atomic E-state index is 0.204. The minimum atomic E-state index is -0.635. The summed E-state index contributed by atoms with van der Waals surface area (Å²) in [7, 11) is 1.51. The number of nitrogens with zero attached hydrogens (tertiary/aromatic N) is 1. The van der Waals surface area contributed by atoms with Gasteiger partial charge in [0, 0.05) is 29.1 Å². The molecule has 3 rings (SSSR count). The summed E-state index contributed by atoms with van der Waals surface area (Å²) in [4.78, 5) is 29.2. The molecule has 0 aliphatic carbocycles. The number of halogens is 1. The van der Waals surface area contributed by atoms with E-state index in [4.69, 9.17) is 21.1 Å². The number of pyridine rings is 1. The van der Waals surface area contributed by atoms with Gasteiger partial charge < -0.3 is 14.8 Å². The van der Waals surface area contributed by atoms with E-state index in [1.54, 1.807) is 45.0 Å². The third kappa shape index (κ3) is 5.85. The first-order valence-corrected chi connectivity index (χ1v) is 10.9. The summed E-state index contributed by atoms with van der Waals surface area (Å²) in [6.45, 7) is 11.1. The number of benzene rings is 2. The van der Waals surface area contributed by atoms with Crippen LogP contribution in [0.2, 0.25) is 5.02 Å². The summed E-state index contributed by atoms with van der Waals surface area (Å²) in [5, 5.41) is 5.94. The number of nitrogens with one attached hydrogen (secondary N) is 2. The fraction of sp³-hybridized carbons (Fsp3) is 0.231. The van der Waals surface area contributed by atoms with Crippen LogP contribution in [0.25, 0.3) is 11.1 Å². The fourth-order valence-electron chi connectivity index (χ4n) is 3.28. The molecule has 7 nitrogen and oxygen atoms in total. The molecule has 1 radical (unpaired) electrons. The number of hydrogen-bond donors (Lipinski definition) is 2. The van der Waals surface area contributed by atoms with E-state index in [1.165, 1.54) is 13.3 Å². The quantitative estimate of drug-likeness (QED) is 0.435. The number of anilines is 2. The van der Waals surface area contributed by atoms with Gasteiger partial charge in [0.25, 0.3) is 5.91 Å². The second-order valence-corrected chi connectivity index (χ2v) is 8.99. The molecule has 2 N–H and O–H groups in total. The van der Waals surface area contributed by atoms with E-state index in [2.05, 4.69) is 22.5 Å². The van der Waals surface area contributed by atoms with Crippen molar-refractivity contribution in [1.29, 1.82) is 0 Å². The molecule has 1 aromatic heterocycles. The number of ether oxygens (including phenoxy) is 2. The number of amides is 2. The molecule has 3 aromatic rings. The first-order valence-electron chi connectivity index (χ1n) is 10.6. The van der Waals surface area contributed by atoms with Crippen LogP contribution in [0.3, 0.4) is 0 Å². The lowest BCUT2D eigenvalue weighted by molar-refractivity contribution is 0.0635. The van der Waals surface area contributed by atoms with Gasteiger partial charge in [0.2, 0.25) is 0 Å². The molecule has 1 heterocycles. The number of carbonyl (C=O) groups is 2. The SMILES string of the molecule is [CH2]c1cnc(C(=O)Nc2cccc(-c3cccc(NC(=O)OC(C)(C)C)c3Cl)c2C)cc1OC. The predicted molar refractivity (Wildman–Crippen MR) is 135 cm³/mol. The Morgan fingerprint density at radius 3 is 2.32 bits per heavy atom. The molecule has 177 valence electrons. The topological polar surface area (TPSA) is 89.6 Å². The second-order valence-electron chi connectivity index (χ2n) is 8.61. The highest BCUT2D eigenvalue weighted by Gasteiger charge is 2.19. The van der Waals surface area contributed by atoms with Crippen molar-refractivity contribution in [2.75, 3.05) is 17.7 Å². The maximum Gasteiger partial charge on any atom is 0.412 e. The second kappa shape index (κ2) is 10.1. The molecule has 34 heavy (non-hydrogen) atoms. The van der Waals surface area contributed by atoms with Gasteiger partial charge in [-0.1, -0.05) is 35.9 Å². The van der Waals surface area contributed by atoms with Gasteiger partial charge in [-0.05, 0) is 57.9 Å². The van der Waals surface area contributed by atoms with Crippen LogP contribution in [0.15, 0.2) is 48.7 Å². The standard InChI is InChI=1S/C26H27ClN3O4/c1-15-14-28-21(13-22(15)33-6)24(31)29-19-11-7-9-17(16(19)2)18-10-8-12-20(23(18)27)30-25(32)34-26(3,4)5/h7-14H,1H2,2-6H3,(H,29,31)(H,30,32). The van der Waals surface area contributed by atoms with Gasteiger partial charge >= 0.3 is 6.09 Å². The van der Waals surface area contributed by atoms with Gasteiger partial charge in [0.1, 0.15) is 17.0 Å². The number of hydrogen-bond acceptors (Lipinski definition) is 5. The Balaban J connectivity index is 1.89. The van der Waals surface area contributed by atoms with Crippen LogP contribution in [0.5, 0.6) is 5.75 Å². The van der Waals surface area contributed by atoms with Crippen LogP contribution in [-0.2, 0) is 4.74 Å². The Kier molecular flexibility index (Phi) is 7.47. The summed E-state index contributed by atoms with van der Waals surface area (Å²) in [6.07, 6.45) is 0.889. The molecule has 0 unspecified atom stereocenters. The normalized spacial score (nSPS) is 11.0. The van der Waals surface area contributed by atoms with Crippen LogP contribution >= 0.6 is 11.6 Å². The lowest BCUT2D eigenvalue weighted by Crippen LogP contribution is -2.27. The summed E-state index contributed by atoms with van der Waals surface area (Å²) in [6, 6.07) is 12.4. The van der Waals surface area contributed by atoms with Crippen molar-refractivity contribution in [3.05, 3.63) is 77.4 Å². The van der Waals surface area contributed by atoms with Gasteiger partial charge in [-0.25, -0.2) is 4.79 Å². The summed E-state index contributed by atoms with van der Waals surface area (Å²) < 4.78 is 10.5. The molecule has 0 aliphatic heterocycles. The smallest absolute Gasteiger partial charge is 0.412 e. The van der Waals surface area contributed by atoms with Gasteiger partial charge in [-0.2, -0.15) is 0 Å². The van der Waals surface area contributed by atoms with Gasteiger partial charge in [-0.15, -0.1) is 0 Å². The van der Waals surface area contributed by atoms with E-state index in [0.29, 0.717) is 33.3 Å². The first-order chi connectivity index (χ1) is 16.0. The Bertz CT molecular complexity index is 1240. The first kappa shape index (κ1) is 25.1. The lowest BCUT2D eigenvalue weighted by Gasteiger charge is -2.20. The monoisotopic (exact) mass is 480 g/mol. The van der Waals surface area contributed by atoms with E-state index in [0.717, 1.165) is 11.1 Å². The third-order valence-electron chi connectivity index (χ3n) is 4.90. The zero-order valence-corrected chi connectivity index (χ0v) is 20.5. The lowest BCUT2D eigenvalue weighted by atomic mass is 9.98. The van der Waals surface area contributed by atoms with E-state index in [1.807, 2.05) is 25.1 Å². The molecule has 2 amide bonds. The highest BCUT2D eigenvalue weighted by atomic mass is 35.5. The third-order valence-corrected chi connectivity index (χ3v) is 5.31. The largest absolute Gasteiger partial charge is 0.496 e. The van der Waals surface area contributed by atoms with Crippen LogP contribution in [0.1, 0.15) is 42.4 Å². The zero-order chi connectivity index (χ0) is 25.0. The van der Waals surface area contributed by atoms with Crippen molar-refractivity contribution in [2.45, 2.75) is 33.3 Å². The van der Waals surface area contributed by atoms with Crippen molar-refractivity contribution >= 4 is 35.0 Å². The van der Waals surface area contributed by atoms with Crippen LogP contribution in [-0.4, -0.2) is 29.7 Å². The maximum atomic E-state index is 12.8. The van der Waals surface area contributed by atoms with Crippen LogP contribution in [0, 0.1) is 13.8 Å². The van der Waals surface area contributed by atoms with Crippen LogP contribution in [0.4, 0.5) is 16.2 Å². The molecule has 0 aliphatic rings. The number of aromatic nitrogens is 1. The van der Waals surface area contributed by atoms with E-state index < -0.39 is 11.7 Å². The number of carbonyl (C=O) groups excluding carboxylic acids is 2. The summed E-state index contributed by atoms with van der Waals surface area (Å²) in [5.74, 6) is 0.0942. The van der Waals surface area contributed by atoms with Crippen LogP contribution < -0.4 is 15.4 Å². The average molecular weight is 481 g/mol. The molecule has 0 saturated carbocycles. The van der Waals surface area contributed by atoms with E-state index >= 15 is 0 Å². The molecule has 0 saturated heterocycles. The molecule has 0 spiro atoms. The van der Waals surface area contributed by atoms with Crippen molar-refractivity contribution in [1.82, 2.24) is 4.98 Å². The fourth-order valence-corrected chi connectivity index (χ4v) is 3.55. The van der Waals surface area contributed by atoms with Gasteiger partial charge in [-0.3, -0.25) is 15.1 Å². The highest BCUT2D eigenvalue weighted by Crippen LogP contribution is 2.37. The molecule has 2 aromatic carbocycles. The highest BCUT2D eigenvalue weighted by molar-refractivity contribution is 6.36. The van der Waals surface area contributed by atoms with Crippen molar-refractivity contribution in [3.63, 3.8) is 0 Å². The number of rotatable bonds is 5. The van der Waals surface area contributed by atoms with Gasteiger partial charge in [0.05, 0.1) is 17.8 Å². The van der Waals surface area contributed by atoms with Crippen molar-refractivity contribution in [3.8, 4) is 16.9 Å². The Hall–Kier alpha value is -3.58. The van der Waals surface area contributed by atoms with Crippen molar-refractivity contribution in [2.24, 2.45) is 0 Å². The minimum Gasteiger partial charge on any atom is -0.496 e. The number of methoxy groups -OCH3 is 1. The Labute approximate surface area is 204 Å². The predicted octanol–water partition coefficient (Wildman–Crippen LogP) is 6.50. The molecule has 0 fully saturated rings. The Morgan fingerprint density at radius 2 is 1.68 bits per heavy atom. The Morgan fingerprint density at radius 1 is 1.03 bits per heavy atom. The van der Waals surface area contributed by atoms with Gasteiger partial charge in [0.15, 0.2) is 0 Å². The zero-order valence-electron chi connectivity index (χ0n) is 19.8. The summed E-state index contributed by atoms with van der Waals surface area (Å²) >= 11 is 6.65. The maximum absolute atomic E-state index is 12.8. The molecule has 0 bridgehead atoms. The molecular formula is C26H27ClN3O4. The van der Waals surface area contributed by atoms with Crippen molar-refractivity contribution < 1.29 is 19.1 Å². The average Bonchev–Trinajstić information content (AvgIpc) is 2.76.